The fourth-order valence-electron chi connectivity index (χ4n) is 3.25. The highest BCUT2D eigenvalue weighted by molar-refractivity contribution is 7.98. The van der Waals surface area contributed by atoms with Gasteiger partial charge in [0, 0.05) is 6.42 Å². The molecule has 124 valence electrons. The van der Waals surface area contributed by atoms with Gasteiger partial charge in [0.05, 0.1) is 31.0 Å². The zero-order valence-electron chi connectivity index (χ0n) is 14.1. The average molecular weight is 334 g/mol. The van der Waals surface area contributed by atoms with Crippen LogP contribution in [0.4, 0.5) is 5.82 Å². The maximum atomic E-state index is 9.69. The minimum absolute atomic E-state index is 0.183. The Morgan fingerprint density at radius 1 is 1.35 bits per heavy atom. The van der Waals surface area contributed by atoms with E-state index in [-0.39, 0.29) is 5.60 Å². The predicted molar refractivity (Wildman–Crippen MR) is 89.7 cm³/mol. The zero-order chi connectivity index (χ0) is 16.4. The number of rotatable bonds is 3. The summed E-state index contributed by atoms with van der Waals surface area (Å²) in [5.74, 6) is 1.10. The molecule has 1 N–H and O–H groups in total. The van der Waals surface area contributed by atoms with E-state index in [1.807, 2.05) is 6.26 Å². The molecule has 6 heteroatoms. The van der Waals surface area contributed by atoms with Gasteiger partial charge in [0.2, 0.25) is 0 Å². The monoisotopic (exact) mass is 334 g/mol. The molecular weight excluding hydrogens is 310 g/mol. The van der Waals surface area contributed by atoms with Crippen LogP contribution in [0.3, 0.4) is 0 Å². The molecule has 0 unspecified atom stereocenters. The van der Waals surface area contributed by atoms with Crippen LogP contribution in [0.25, 0.3) is 0 Å². The molecule has 0 saturated carbocycles. The van der Waals surface area contributed by atoms with Crippen molar-refractivity contribution in [1.82, 2.24) is 0 Å². The van der Waals surface area contributed by atoms with Crippen molar-refractivity contribution in [2.24, 2.45) is 0 Å². The lowest BCUT2D eigenvalue weighted by atomic mass is 9.86. The zero-order valence-corrected chi connectivity index (χ0v) is 14.9. The molecule has 1 aromatic rings. The summed E-state index contributed by atoms with van der Waals surface area (Å²) in [7, 11) is 0. The number of pyridine rings is 1. The van der Waals surface area contributed by atoms with Gasteiger partial charge in [-0.3, -0.25) is 4.90 Å². The number of hydrogen-bond acceptors (Lipinski definition) is 5. The van der Waals surface area contributed by atoms with Gasteiger partial charge in [-0.2, -0.15) is 5.26 Å². The van der Waals surface area contributed by atoms with Gasteiger partial charge in [-0.25, -0.2) is 4.98 Å². The van der Waals surface area contributed by atoms with Crippen LogP contribution in [0.1, 0.15) is 37.0 Å². The van der Waals surface area contributed by atoms with Crippen molar-refractivity contribution in [2.75, 3.05) is 37.5 Å². The third kappa shape index (κ3) is 3.06. The van der Waals surface area contributed by atoms with E-state index in [2.05, 4.69) is 29.8 Å². The average Bonchev–Trinajstić information content (AvgIpc) is 2.60. The molecule has 3 heterocycles. The smallest absolute Gasteiger partial charge is 0.281 e. The maximum absolute atomic E-state index is 9.69. The highest BCUT2D eigenvalue weighted by Gasteiger charge is 2.37. The Balaban J connectivity index is 2.12. The Morgan fingerprint density at radius 2 is 2.09 bits per heavy atom. The van der Waals surface area contributed by atoms with Gasteiger partial charge in [0.1, 0.15) is 24.7 Å². The van der Waals surface area contributed by atoms with Crippen LogP contribution in [0.2, 0.25) is 0 Å². The summed E-state index contributed by atoms with van der Waals surface area (Å²) in [6.45, 7) is 8.06. The fourth-order valence-corrected chi connectivity index (χ4v) is 3.83. The molecule has 0 aromatic carbocycles. The molecule has 0 amide bonds. The minimum atomic E-state index is -0.183. The van der Waals surface area contributed by atoms with Gasteiger partial charge >= 0.3 is 0 Å². The van der Waals surface area contributed by atoms with E-state index in [1.165, 1.54) is 0 Å². The molecular formula is C17H24N3O2S+. The fraction of sp³-hybridized carbons (Fsp3) is 0.647. The van der Waals surface area contributed by atoms with Crippen LogP contribution in [0.15, 0.2) is 5.03 Å². The van der Waals surface area contributed by atoms with E-state index in [4.69, 9.17) is 9.47 Å². The maximum Gasteiger partial charge on any atom is 0.281 e. The van der Waals surface area contributed by atoms with Crippen molar-refractivity contribution in [3.8, 4) is 6.07 Å². The summed E-state index contributed by atoms with van der Waals surface area (Å²) in [5.41, 5.74) is 2.91. The lowest BCUT2D eigenvalue weighted by molar-refractivity contribution is -0.415. The van der Waals surface area contributed by atoms with E-state index >= 15 is 0 Å². The number of aromatic amines is 1. The van der Waals surface area contributed by atoms with Crippen LogP contribution in [0.5, 0.6) is 0 Å². The standard InChI is InChI=1S/C17H23N3O2S/c1-4-17(2)9-12-13(10-18)16(23-3)19-15(14(12)11-22-17)20-5-7-21-8-6-20/h4-9,11H2,1-3H3/p+1/t17-/m1/s1. The van der Waals surface area contributed by atoms with Crippen molar-refractivity contribution < 1.29 is 14.5 Å². The van der Waals surface area contributed by atoms with Crippen molar-refractivity contribution in [3.63, 3.8) is 0 Å². The molecule has 0 radical (unpaired) electrons. The molecule has 1 fully saturated rings. The third-order valence-corrected chi connectivity index (χ3v) is 5.63. The number of nitrogens with one attached hydrogen (secondary N) is 1. The Kier molecular flexibility index (Phi) is 4.81. The first-order valence-corrected chi connectivity index (χ1v) is 9.36. The van der Waals surface area contributed by atoms with Gasteiger partial charge in [0.25, 0.3) is 5.82 Å². The second kappa shape index (κ2) is 6.68. The topological polar surface area (TPSA) is 59.6 Å². The summed E-state index contributed by atoms with van der Waals surface area (Å²) >= 11 is 1.60. The summed E-state index contributed by atoms with van der Waals surface area (Å²) in [4.78, 5) is 5.81. The largest absolute Gasteiger partial charge is 0.373 e. The van der Waals surface area contributed by atoms with Crippen LogP contribution in [-0.4, -0.2) is 38.2 Å². The van der Waals surface area contributed by atoms with Gasteiger partial charge in [0.15, 0.2) is 5.03 Å². The number of thioether (sulfide) groups is 1. The summed E-state index contributed by atoms with van der Waals surface area (Å²) < 4.78 is 11.6. The Morgan fingerprint density at radius 3 is 2.70 bits per heavy atom. The first-order chi connectivity index (χ1) is 11.1. The van der Waals surface area contributed by atoms with Gasteiger partial charge in [-0.05, 0) is 25.2 Å². The second-order valence-corrected chi connectivity index (χ2v) is 7.14. The molecule has 0 spiro atoms. The van der Waals surface area contributed by atoms with Crippen molar-refractivity contribution in [2.45, 2.75) is 43.9 Å². The number of anilines is 1. The number of ether oxygens (including phenoxy) is 2. The first-order valence-electron chi connectivity index (χ1n) is 8.13. The second-order valence-electron chi connectivity index (χ2n) is 6.32. The minimum Gasteiger partial charge on any atom is -0.373 e. The third-order valence-electron chi connectivity index (χ3n) is 4.92. The van der Waals surface area contributed by atoms with Gasteiger partial charge in [-0.15, -0.1) is 0 Å². The summed E-state index contributed by atoms with van der Waals surface area (Å²) in [5, 5.41) is 10.6. The number of nitriles is 1. The predicted octanol–water partition coefficient (Wildman–Crippen LogP) is 2.17. The Hall–Kier alpha value is -1.29. The van der Waals surface area contributed by atoms with Crippen LogP contribution < -0.4 is 9.88 Å². The molecule has 2 aliphatic rings. The lowest BCUT2D eigenvalue weighted by Crippen LogP contribution is -2.43. The van der Waals surface area contributed by atoms with Crippen molar-refractivity contribution >= 4 is 17.6 Å². The Bertz CT molecular complexity index is 638. The number of H-pyrrole nitrogens is 1. The SMILES string of the molecule is CC[C@]1(C)Cc2c(C#N)c(SC)[nH+]c(N3CCOCC3)c2CO1. The number of fused-ring (bicyclic) bond motifs is 1. The quantitative estimate of drug-likeness (QED) is 0.793. The Labute approximate surface area is 142 Å². The molecule has 2 aliphatic heterocycles. The van der Waals surface area contributed by atoms with E-state index in [0.717, 1.165) is 66.7 Å². The highest BCUT2D eigenvalue weighted by atomic mass is 32.2. The molecule has 23 heavy (non-hydrogen) atoms. The number of aromatic nitrogens is 1. The van der Waals surface area contributed by atoms with Crippen molar-refractivity contribution in [3.05, 3.63) is 16.7 Å². The van der Waals surface area contributed by atoms with Crippen LogP contribution in [0, 0.1) is 11.3 Å². The normalized spacial score (nSPS) is 24.2. The number of hydrogen-bond donors (Lipinski definition) is 0. The summed E-state index contributed by atoms with van der Waals surface area (Å²) in [6.07, 6.45) is 3.75. The first kappa shape index (κ1) is 16.6. The van der Waals surface area contributed by atoms with Crippen molar-refractivity contribution in [1.29, 1.82) is 5.26 Å². The number of morpholine rings is 1. The van der Waals surface area contributed by atoms with Gasteiger partial charge < -0.3 is 9.47 Å². The molecule has 1 saturated heterocycles. The van der Waals surface area contributed by atoms with Crippen LogP contribution in [-0.2, 0) is 22.5 Å². The van der Waals surface area contributed by atoms with E-state index in [0.29, 0.717) is 6.61 Å². The van der Waals surface area contributed by atoms with E-state index in [9.17, 15) is 5.26 Å². The molecule has 5 nitrogen and oxygen atoms in total. The van der Waals surface area contributed by atoms with E-state index < -0.39 is 0 Å². The molecule has 1 aromatic heterocycles. The highest BCUT2D eigenvalue weighted by Crippen LogP contribution is 2.37. The summed E-state index contributed by atoms with van der Waals surface area (Å²) in [6, 6.07) is 2.42. The number of nitrogens with zero attached hydrogens (tertiary/aromatic N) is 2. The van der Waals surface area contributed by atoms with Gasteiger partial charge in [-0.1, -0.05) is 18.7 Å². The molecule has 0 aliphatic carbocycles. The van der Waals surface area contributed by atoms with E-state index in [1.54, 1.807) is 11.8 Å². The molecule has 0 bridgehead atoms. The molecule has 1 atom stereocenters. The lowest BCUT2D eigenvalue weighted by Gasteiger charge is -2.36. The van der Waals surface area contributed by atoms with Crippen LogP contribution >= 0.6 is 11.8 Å². The molecule has 3 rings (SSSR count).